The summed E-state index contributed by atoms with van der Waals surface area (Å²) in [6.07, 6.45) is 0. The molecule has 2 aromatic heterocycles. The highest BCUT2D eigenvalue weighted by molar-refractivity contribution is 7.99. The molecule has 0 saturated carbocycles. The van der Waals surface area contributed by atoms with Crippen LogP contribution in [0.5, 0.6) is 0 Å². The Kier molecular flexibility index (Phi) is 8.95. The second kappa shape index (κ2) is 12.4. The molecule has 13 heteroatoms. The van der Waals surface area contributed by atoms with Crippen molar-refractivity contribution in [3.8, 4) is 11.3 Å². The number of rotatable bonds is 10. The minimum atomic E-state index is -0.426. The number of carbonyl (C=O) groups is 2. The van der Waals surface area contributed by atoms with Gasteiger partial charge in [0, 0.05) is 35.2 Å². The number of nitro groups is 1. The average molecular weight is 580 g/mol. The maximum absolute atomic E-state index is 12.9. The van der Waals surface area contributed by atoms with Gasteiger partial charge in [0.1, 0.15) is 0 Å². The molecule has 2 aromatic carbocycles. The number of aryl methyl sites for hydroxylation is 2. The fourth-order valence-electron chi connectivity index (χ4n) is 3.98. The number of anilines is 1. The molecule has 2 heterocycles. The van der Waals surface area contributed by atoms with Crippen LogP contribution < -0.4 is 10.6 Å². The standard InChI is InChI=1S/C27H29N7O4S2/c1-15(2)23(30-25(36)19-8-6-7-16(3)11-19)24-31-32-27(33(24)5)40-14-22(35)29-26-28-20(13-39-26)18-10-9-17(4)21(12-18)34(37)38/h6-13,15,23H,14H2,1-5H3,(H,30,36)(H,28,29,35)/t23-/m0/s1. The third kappa shape index (κ3) is 6.72. The summed E-state index contributed by atoms with van der Waals surface area (Å²) in [6.45, 7) is 7.60. The van der Waals surface area contributed by atoms with Gasteiger partial charge in [-0.15, -0.1) is 21.5 Å². The van der Waals surface area contributed by atoms with Gasteiger partial charge in [-0.05, 0) is 31.9 Å². The number of carbonyl (C=O) groups excluding carboxylic acids is 2. The van der Waals surface area contributed by atoms with Crippen LogP contribution in [0.3, 0.4) is 0 Å². The van der Waals surface area contributed by atoms with Gasteiger partial charge in [-0.25, -0.2) is 4.98 Å². The van der Waals surface area contributed by atoms with Crippen LogP contribution in [-0.2, 0) is 11.8 Å². The van der Waals surface area contributed by atoms with Crippen LogP contribution >= 0.6 is 23.1 Å². The van der Waals surface area contributed by atoms with Gasteiger partial charge in [-0.1, -0.05) is 55.4 Å². The third-order valence-electron chi connectivity index (χ3n) is 6.16. The van der Waals surface area contributed by atoms with E-state index in [4.69, 9.17) is 0 Å². The van der Waals surface area contributed by atoms with E-state index in [1.807, 2.05) is 39.0 Å². The quantitative estimate of drug-likeness (QED) is 0.146. The summed E-state index contributed by atoms with van der Waals surface area (Å²) in [7, 11) is 1.80. The van der Waals surface area contributed by atoms with E-state index < -0.39 is 4.92 Å². The Morgan fingerprint density at radius 1 is 1.15 bits per heavy atom. The van der Waals surface area contributed by atoms with Crippen LogP contribution in [0.15, 0.2) is 53.0 Å². The van der Waals surface area contributed by atoms with E-state index in [1.165, 1.54) is 29.2 Å². The zero-order valence-electron chi connectivity index (χ0n) is 22.7. The van der Waals surface area contributed by atoms with Gasteiger partial charge >= 0.3 is 0 Å². The van der Waals surface area contributed by atoms with Crippen molar-refractivity contribution in [2.75, 3.05) is 11.1 Å². The molecule has 0 bridgehead atoms. The zero-order chi connectivity index (χ0) is 29.0. The number of aromatic nitrogens is 4. The first-order valence-electron chi connectivity index (χ1n) is 12.4. The summed E-state index contributed by atoms with van der Waals surface area (Å²) < 4.78 is 1.78. The lowest BCUT2D eigenvalue weighted by Crippen LogP contribution is -2.33. The van der Waals surface area contributed by atoms with Crippen molar-refractivity contribution in [2.45, 2.75) is 38.9 Å². The zero-order valence-corrected chi connectivity index (χ0v) is 24.3. The monoisotopic (exact) mass is 579 g/mol. The molecule has 0 spiro atoms. The molecule has 11 nitrogen and oxygen atoms in total. The van der Waals surface area contributed by atoms with Gasteiger partial charge in [0.25, 0.3) is 11.6 Å². The fourth-order valence-corrected chi connectivity index (χ4v) is 5.43. The molecule has 4 rings (SSSR count). The largest absolute Gasteiger partial charge is 0.342 e. The van der Waals surface area contributed by atoms with Crippen LogP contribution in [0.4, 0.5) is 10.8 Å². The minimum absolute atomic E-state index is 0.0185. The number of amides is 2. The molecule has 0 unspecified atom stereocenters. The Morgan fingerprint density at radius 2 is 1.93 bits per heavy atom. The summed E-state index contributed by atoms with van der Waals surface area (Å²) in [4.78, 5) is 40.8. The molecule has 40 heavy (non-hydrogen) atoms. The highest BCUT2D eigenvalue weighted by atomic mass is 32.2. The lowest BCUT2D eigenvalue weighted by molar-refractivity contribution is -0.385. The van der Waals surface area contributed by atoms with Crippen LogP contribution in [-0.4, -0.2) is 42.2 Å². The van der Waals surface area contributed by atoms with Gasteiger partial charge in [0.2, 0.25) is 5.91 Å². The Balaban J connectivity index is 1.38. The number of nitrogens with zero attached hydrogens (tertiary/aromatic N) is 5. The molecule has 0 aliphatic heterocycles. The first-order chi connectivity index (χ1) is 19.0. The third-order valence-corrected chi connectivity index (χ3v) is 7.94. The summed E-state index contributed by atoms with van der Waals surface area (Å²) in [5, 5.41) is 28.3. The van der Waals surface area contributed by atoms with Gasteiger partial charge in [-0.2, -0.15) is 0 Å². The van der Waals surface area contributed by atoms with Gasteiger partial charge < -0.3 is 15.2 Å². The van der Waals surface area contributed by atoms with E-state index in [-0.39, 0.29) is 35.2 Å². The molecular formula is C27H29N7O4S2. The van der Waals surface area contributed by atoms with Crippen molar-refractivity contribution in [1.29, 1.82) is 0 Å². The number of hydrogen-bond acceptors (Lipinski definition) is 9. The van der Waals surface area contributed by atoms with Crippen LogP contribution in [0.25, 0.3) is 11.3 Å². The lowest BCUT2D eigenvalue weighted by atomic mass is 10.0. The number of nitro benzene ring substituents is 1. The molecule has 208 valence electrons. The van der Waals surface area contributed by atoms with E-state index in [2.05, 4.69) is 25.8 Å². The number of hydrogen-bond donors (Lipinski definition) is 2. The fraction of sp³-hybridized carbons (Fsp3) is 0.296. The SMILES string of the molecule is Cc1cccc(C(=O)N[C@H](c2nnc(SCC(=O)Nc3nc(-c4ccc(C)c([N+](=O)[O-])c4)cs3)n2C)C(C)C)c1. The normalized spacial score (nSPS) is 11.8. The van der Waals surface area contributed by atoms with E-state index in [9.17, 15) is 19.7 Å². The Labute approximate surface area is 239 Å². The number of nitrogens with one attached hydrogen (secondary N) is 2. The molecule has 0 radical (unpaired) electrons. The number of thiazole rings is 1. The van der Waals surface area contributed by atoms with E-state index >= 15 is 0 Å². The minimum Gasteiger partial charge on any atom is -0.342 e. The number of benzene rings is 2. The predicted molar refractivity (Wildman–Crippen MR) is 156 cm³/mol. The summed E-state index contributed by atoms with van der Waals surface area (Å²) in [5.74, 6) is 0.238. The summed E-state index contributed by atoms with van der Waals surface area (Å²) in [6, 6.07) is 11.9. The van der Waals surface area contributed by atoms with E-state index in [1.54, 1.807) is 42.1 Å². The molecule has 2 amide bonds. The number of thioether (sulfide) groups is 1. The van der Waals surface area contributed by atoms with Crippen molar-refractivity contribution < 1.29 is 14.5 Å². The second-order valence-corrected chi connectivity index (χ2v) is 11.4. The van der Waals surface area contributed by atoms with Crippen molar-refractivity contribution in [3.63, 3.8) is 0 Å². The highest BCUT2D eigenvalue weighted by Crippen LogP contribution is 2.30. The summed E-state index contributed by atoms with van der Waals surface area (Å²) in [5.41, 5.74) is 3.30. The van der Waals surface area contributed by atoms with Gasteiger partial charge in [0.15, 0.2) is 16.1 Å². The molecule has 0 fully saturated rings. The van der Waals surface area contributed by atoms with E-state index in [0.717, 1.165) is 5.56 Å². The first kappa shape index (κ1) is 28.9. The van der Waals surface area contributed by atoms with Crippen molar-refractivity contribution in [2.24, 2.45) is 13.0 Å². The lowest BCUT2D eigenvalue weighted by Gasteiger charge is -2.21. The maximum atomic E-state index is 12.9. The van der Waals surface area contributed by atoms with Crippen molar-refractivity contribution in [3.05, 3.63) is 80.5 Å². The second-order valence-electron chi connectivity index (χ2n) is 9.60. The molecule has 0 saturated heterocycles. The molecule has 0 aliphatic carbocycles. The van der Waals surface area contributed by atoms with Crippen molar-refractivity contribution in [1.82, 2.24) is 25.1 Å². The smallest absolute Gasteiger partial charge is 0.272 e. The Hall–Kier alpha value is -4.10. The average Bonchev–Trinajstić information content (AvgIpc) is 3.52. The molecule has 0 aliphatic rings. The van der Waals surface area contributed by atoms with E-state index in [0.29, 0.717) is 38.5 Å². The molecule has 4 aromatic rings. The highest BCUT2D eigenvalue weighted by Gasteiger charge is 2.25. The van der Waals surface area contributed by atoms with Crippen LogP contribution in [0.1, 0.15) is 47.2 Å². The summed E-state index contributed by atoms with van der Waals surface area (Å²) >= 11 is 2.45. The van der Waals surface area contributed by atoms with Crippen LogP contribution in [0, 0.1) is 29.9 Å². The molecule has 1 atom stereocenters. The van der Waals surface area contributed by atoms with Crippen LogP contribution in [0.2, 0.25) is 0 Å². The molecular weight excluding hydrogens is 550 g/mol. The maximum Gasteiger partial charge on any atom is 0.272 e. The Morgan fingerprint density at radius 3 is 2.62 bits per heavy atom. The molecule has 2 N–H and O–H groups in total. The van der Waals surface area contributed by atoms with Gasteiger partial charge in [-0.3, -0.25) is 19.7 Å². The topological polar surface area (TPSA) is 145 Å². The predicted octanol–water partition coefficient (Wildman–Crippen LogP) is 5.32. The van der Waals surface area contributed by atoms with Crippen molar-refractivity contribution >= 4 is 45.7 Å². The van der Waals surface area contributed by atoms with Gasteiger partial charge in [0.05, 0.1) is 22.4 Å². The Bertz CT molecular complexity index is 1560. The first-order valence-corrected chi connectivity index (χ1v) is 14.3.